The van der Waals surface area contributed by atoms with Crippen molar-refractivity contribution in [1.82, 2.24) is 0 Å². The third kappa shape index (κ3) is 12.6. The largest absolute Gasteiger partial charge is 0.494 e. The molecule has 0 aliphatic carbocycles. The molecule has 2 heterocycles. The summed E-state index contributed by atoms with van der Waals surface area (Å²) >= 11 is 0. The van der Waals surface area contributed by atoms with Crippen molar-refractivity contribution in [3.05, 3.63) is 138 Å². The summed E-state index contributed by atoms with van der Waals surface area (Å²) in [5.74, 6) is 4.47. The Labute approximate surface area is 453 Å². The molecule has 6 aromatic rings. The zero-order valence-corrected chi connectivity index (χ0v) is 46.5. The van der Waals surface area contributed by atoms with Crippen LogP contribution >= 0.6 is 0 Å². The first kappa shape index (κ1) is 55.1. The average Bonchev–Trinajstić information content (AvgIpc) is 3.48. The fourth-order valence-electron chi connectivity index (χ4n) is 10.7. The Kier molecular flexibility index (Phi) is 19.3. The maximum atomic E-state index is 14.4. The number of nitrogens with zero attached hydrogens (tertiary/aromatic N) is 5. The van der Waals surface area contributed by atoms with Gasteiger partial charge in [-0.15, -0.1) is 0 Å². The zero-order valence-electron chi connectivity index (χ0n) is 46.5. The van der Waals surface area contributed by atoms with Crippen LogP contribution in [0, 0.1) is 0 Å². The number of ether oxygens (including phenoxy) is 4. The van der Waals surface area contributed by atoms with E-state index in [0.717, 1.165) is 129 Å². The fraction of sp³-hybridized carbons (Fsp3) is 0.415. The van der Waals surface area contributed by atoms with Crippen molar-refractivity contribution in [3.63, 3.8) is 0 Å². The van der Waals surface area contributed by atoms with E-state index in [-0.39, 0.29) is 11.8 Å². The second kappa shape index (κ2) is 26.6. The van der Waals surface area contributed by atoms with Gasteiger partial charge < -0.3 is 33.6 Å². The van der Waals surface area contributed by atoms with Crippen LogP contribution in [0.2, 0.25) is 0 Å². The number of benzene rings is 6. The Morgan fingerprint density at radius 1 is 0.408 bits per heavy atom. The second-order valence-electron chi connectivity index (χ2n) is 19.8. The normalized spacial score (nSPS) is 12.2. The maximum absolute atomic E-state index is 14.4. The lowest BCUT2D eigenvalue weighted by Gasteiger charge is -2.33. The smallest absolute Gasteiger partial charge is 0.263 e. The maximum Gasteiger partial charge on any atom is 0.263 e. The topological polar surface area (TPSA) is 87.3 Å². The predicted molar refractivity (Wildman–Crippen MR) is 314 cm³/mol. The summed E-state index contributed by atoms with van der Waals surface area (Å²) in [6.45, 7) is 23.9. The van der Waals surface area contributed by atoms with Crippen LogP contribution in [0.15, 0.2) is 121 Å². The Morgan fingerprint density at radius 2 is 0.724 bits per heavy atom. The van der Waals surface area contributed by atoms with E-state index >= 15 is 0 Å². The molecule has 0 radical (unpaired) electrons. The highest BCUT2D eigenvalue weighted by molar-refractivity contribution is 6.14. The van der Waals surface area contributed by atoms with Crippen LogP contribution in [0.25, 0.3) is 0 Å². The number of amides is 2. The minimum Gasteiger partial charge on any atom is -0.494 e. The van der Waals surface area contributed by atoms with Crippen molar-refractivity contribution in [1.29, 1.82) is 0 Å². The second-order valence-corrected chi connectivity index (χ2v) is 19.8. The lowest BCUT2D eigenvalue weighted by Crippen LogP contribution is -2.29. The highest BCUT2D eigenvalue weighted by Gasteiger charge is 2.33. The summed E-state index contributed by atoms with van der Waals surface area (Å²) in [6, 6.07) is 39.8. The van der Waals surface area contributed by atoms with Gasteiger partial charge in [0, 0.05) is 85.7 Å². The first-order valence-corrected chi connectivity index (χ1v) is 28.5. The minimum absolute atomic E-state index is 0.103. The molecule has 0 unspecified atom stereocenters. The lowest BCUT2D eigenvalue weighted by molar-refractivity contribution is 0.0989. The molecule has 0 saturated heterocycles. The quantitative estimate of drug-likeness (QED) is 0.0468. The summed E-state index contributed by atoms with van der Waals surface area (Å²) in [6.07, 6.45) is 11.0. The van der Waals surface area contributed by atoms with Crippen molar-refractivity contribution in [2.24, 2.45) is 0 Å². The van der Waals surface area contributed by atoms with Gasteiger partial charge >= 0.3 is 0 Å². The number of unbranched alkanes of at least 4 members (excludes halogenated alkanes) is 7. The highest BCUT2D eigenvalue weighted by atomic mass is 16.5. The van der Waals surface area contributed by atoms with Crippen LogP contribution in [0.1, 0.15) is 152 Å². The molecule has 2 aliphatic rings. The van der Waals surface area contributed by atoms with E-state index in [1.165, 1.54) is 31.2 Å². The fourth-order valence-corrected chi connectivity index (χ4v) is 10.7. The van der Waals surface area contributed by atoms with Gasteiger partial charge in [-0.3, -0.25) is 19.4 Å². The average molecular weight is 1030 g/mol. The Bertz CT molecular complexity index is 2530. The van der Waals surface area contributed by atoms with Crippen molar-refractivity contribution >= 4 is 51.6 Å². The molecular formula is C65H81N5O6. The standard InChI is InChI=1S/C65H81N5O6/c1-9-47(10-2)50-29-37-56-60(43-50)75-61-44-51(66(11-3)12-4)30-38-57(61)69(56)64(71)48-25-33-54(34-26-48)73-41-23-21-19-17-18-20-22-24-42-74-55-35-27-49(28-36-55)65(72)70-58-39-31-52(67(13-5)14-6)45-62(58)76-63-46-53(32-40-59(63)70)68(15-7)16-8/h25-40,43-47H,9-24,41-42H2,1-8H3. The third-order valence-electron chi connectivity index (χ3n) is 15.2. The van der Waals surface area contributed by atoms with Crippen molar-refractivity contribution < 1.29 is 28.5 Å². The number of fused-ring (bicyclic) bond motifs is 4. The molecule has 0 fully saturated rings. The van der Waals surface area contributed by atoms with E-state index in [9.17, 15) is 9.59 Å². The Morgan fingerprint density at radius 3 is 1.05 bits per heavy atom. The first-order chi connectivity index (χ1) is 37.2. The van der Waals surface area contributed by atoms with E-state index in [4.69, 9.17) is 18.9 Å². The van der Waals surface area contributed by atoms with Gasteiger partial charge in [0.2, 0.25) is 0 Å². The van der Waals surface area contributed by atoms with Gasteiger partial charge in [-0.25, -0.2) is 0 Å². The molecule has 0 N–H and O–H groups in total. The number of carbonyl (C=O) groups is 2. The van der Waals surface area contributed by atoms with Crippen LogP contribution in [0.3, 0.4) is 0 Å². The molecule has 11 heteroatoms. The van der Waals surface area contributed by atoms with Gasteiger partial charge in [0.15, 0.2) is 23.0 Å². The van der Waals surface area contributed by atoms with Crippen LogP contribution in [-0.4, -0.2) is 64.3 Å². The molecule has 0 bridgehead atoms. The van der Waals surface area contributed by atoms with Crippen LogP contribution in [0.4, 0.5) is 39.8 Å². The summed E-state index contributed by atoms with van der Waals surface area (Å²) < 4.78 is 25.4. The molecule has 11 nitrogen and oxygen atoms in total. The summed E-state index contributed by atoms with van der Waals surface area (Å²) in [7, 11) is 0. The third-order valence-corrected chi connectivity index (χ3v) is 15.2. The van der Waals surface area contributed by atoms with Crippen molar-refractivity contribution in [2.75, 3.05) is 77.0 Å². The van der Waals surface area contributed by atoms with Gasteiger partial charge in [0.25, 0.3) is 11.8 Å². The zero-order chi connectivity index (χ0) is 53.6. The molecule has 402 valence electrons. The van der Waals surface area contributed by atoms with Crippen LogP contribution in [0.5, 0.6) is 34.5 Å². The predicted octanol–water partition coefficient (Wildman–Crippen LogP) is 16.9. The Balaban J connectivity index is 0.757. The van der Waals surface area contributed by atoms with Gasteiger partial charge in [0.1, 0.15) is 11.5 Å². The molecule has 6 aromatic carbocycles. The van der Waals surface area contributed by atoms with Crippen molar-refractivity contribution in [2.45, 2.75) is 126 Å². The molecule has 0 atom stereocenters. The van der Waals surface area contributed by atoms with Crippen molar-refractivity contribution in [3.8, 4) is 34.5 Å². The molecule has 0 saturated carbocycles. The van der Waals surface area contributed by atoms with Crippen LogP contribution in [-0.2, 0) is 0 Å². The van der Waals surface area contributed by atoms with Gasteiger partial charge in [-0.05, 0) is 176 Å². The summed E-state index contributed by atoms with van der Waals surface area (Å²) in [5, 5.41) is 0. The van der Waals surface area contributed by atoms with Crippen LogP contribution < -0.4 is 43.4 Å². The highest BCUT2D eigenvalue weighted by Crippen LogP contribution is 2.51. The van der Waals surface area contributed by atoms with E-state index in [1.54, 1.807) is 9.80 Å². The number of rotatable bonds is 27. The summed E-state index contributed by atoms with van der Waals surface area (Å²) in [4.78, 5) is 39.2. The molecule has 0 spiro atoms. The van der Waals surface area contributed by atoms with E-state index in [2.05, 4.69) is 106 Å². The number of anilines is 7. The molecule has 8 rings (SSSR count). The first-order valence-electron chi connectivity index (χ1n) is 28.5. The van der Waals surface area contributed by atoms with Gasteiger partial charge in [-0.2, -0.15) is 0 Å². The van der Waals surface area contributed by atoms with E-state index < -0.39 is 0 Å². The SMILES string of the molecule is CCC(CC)c1ccc2c(c1)Oc1cc(N(CC)CC)ccc1N2C(=O)c1ccc(OCCCCCCCCCCOc2ccc(C(=O)N3c4ccc(N(CC)CC)cc4Oc4cc(N(CC)CC)ccc43)cc2)cc1. The van der Waals surface area contributed by atoms with Gasteiger partial charge in [0.05, 0.1) is 36.0 Å². The molecule has 2 amide bonds. The molecule has 0 aromatic heterocycles. The summed E-state index contributed by atoms with van der Waals surface area (Å²) in [5.41, 5.74) is 8.56. The monoisotopic (exact) mass is 1030 g/mol. The number of hydrogen-bond donors (Lipinski definition) is 0. The minimum atomic E-state index is -0.116. The molecule has 2 aliphatic heterocycles. The van der Waals surface area contributed by atoms with Gasteiger partial charge in [-0.1, -0.05) is 58.4 Å². The molecular weight excluding hydrogens is 947 g/mol. The van der Waals surface area contributed by atoms with E-state index in [1.807, 2.05) is 84.9 Å². The number of carbonyl (C=O) groups excluding carboxylic acids is 2. The molecule has 76 heavy (non-hydrogen) atoms. The van der Waals surface area contributed by atoms with E-state index in [0.29, 0.717) is 53.3 Å². The lowest BCUT2D eigenvalue weighted by atomic mass is 9.93. The number of hydrogen-bond acceptors (Lipinski definition) is 9. The Hall–Kier alpha value is -7.14.